The van der Waals surface area contributed by atoms with Crippen LogP contribution in [0.3, 0.4) is 0 Å². The molecule has 2 aromatic carbocycles. The zero-order chi connectivity index (χ0) is 23.9. The quantitative estimate of drug-likeness (QED) is 0.398. The maximum atomic E-state index is 12.6. The third-order valence-corrected chi connectivity index (χ3v) is 6.98. The predicted octanol–water partition coefficient (Wildman–Crippen LogP) is 2.42. The van der Waals surface area contributed by atoms with E-state index in [0.717, 1.165) is 11.8 Å². The Morgan fingerprint density at radius 2 is 2.15 bits per heavy atom. The highest BCUT2D eigenvalue weighted by atomic mass is 32.2. The van der Waals surface area contributed by atoms with Crippen LogP contribution in [0.5, 0.6) is 5.75 Å². The van der Waals surface area contributed by atoms with Crippen molar-refractivity contribution in [1.82, 2.24) is 14.9 Å². The first-order valence-electron chi connectivity index (χ1n) is 10.7. The van der Waals surface area contributed by atoms with Crippen LogP contribution in [0.4, 0.5) is 5.69 Å². The van der Waals surface area contributed by atoms with Crippen LogP contribution in [-0.2, 0) is 21.4 Å². The molecule has 0 amide bonds. The number of carbonyl (C=O) groups excluding carboxylic acids is 1. The third-order valence-electron chi connectivity index (χ3n) is 6.03. The van der Waals surface area contributed by atoms with Gasteiger partial charge in [0.25, 0.3) is 0 Å². The van der Waals surface area contributed by atoms with Crippen molar-refractivity contribution in [3.8, 4) is 17.0 Å². The summed E-state index contributed by atoms with van der Waals surface area (Å²) in [4.78, 5) is 13.2. The van der Waals surface area contributed by atoms with E-state index in [1.54, 1.807) is 23.0 Å². The lowest BCUT2D eigenvalue weighted by Gasteiger charge is -2.22. The van der Waals surface area contributed by atoms with Gasteiger partial charge in [0.15, 0.2) is 5.58 Å². The van der Waals surface area contributed by atoms with E-state index in [1.807, 2.05) is 29.3 Å². The molecule has 2 aromatic heterocycles. The van der Waals surface area contributed by atoms with E-state index in [2.05, 4.69) is 10.3 Å². The normalized spacial score (nSPS) is 16.3. The van der Waals surface area contributed by atoms with Crippen LogP contribution >= 0.6 is 0 Å². The van der Waals surface area contributed by atoms with Gasteiger partial charge in [-0.3, -0.25) is 4.68 Å². The molecule has 1 saturated heterocycles. The molecule has 3 heterocycles. The monoisotopic (exact) mass is 481 g/mol. The number of nitrogens with two attached hydrogens (primary N) is 1. The number of rotatable bonds is 7. The van der Waals surface area contributed by atoms with Crippen LogP contribution in [0, 0.1) is 5.92 Å². The van der Waals surface area contributed by atoms with Gasteiger partial charge in [-0.2, -0.15) is 5.10 Å². The Labute approximate surface area is 195 Å². The SMILES string of the molecule is COc1cc(Cn2cccn2)cc2onc(-c3c(N4CCC(C=O)C4)cccc3S(N)(=O)=O)c12. The highest BCUT2D eigenvalue weighted by Crippen LogP contribution is 2.43. The molecule has 1 aliphatic rings. The number of primary sulfonamides is 1. The highest BCUT2D eigenvalue weighted by molar-refractivity contribution is 7.89. The molecule has 4 aromatic rings. The number of nitrogens with zero attached hydrogens (tertiary/aromatic N) is 4. The first-order valence-corrected chi connectivity index (χ1v) is 12.2. The summed E-state index contributed by atoms with van der Waals surface area (Å²) in [5, 5.41) is 14.6. The fourth-order valence-corrected chi connectivity index (χ4v) is 5.22. The minimum absolute atomic E-state index is 0.0718. The summed E-state index contributed by atoms with van der Waals surface area (Å²) in [5.41, 5.74) is 2.58. The van der Waals surface area contributed by atoms with E-state index in [-0.39, 0.29) is 10.8 Å². The fourth-order valence-electron chi connectivity index (χ4n) is 4.47. The van der Waals surface area contributed by atoms with Crippen molar-refractivity contribution >= 4 is 33.0 Å². The minimum Gasteiger partial charge on any atom is -0.496 e. The van der Waals surface area contributed by atoms with Gasteiger partial charge in [-0.1, -0.05) is 11.2 Å². The first-order chi connectivity index (χ1) is 16.4. The van der Waals surface area contributed by atoms with Crippen LogP contribution in [-0.4, -0.2) is 49.8 Å². The van der Waals surface area contributed by atoms with Crippen molar-refractivity contribution in [2.24, 2.45) is 11.1 Å². The molecular weight excluding hydrogens is 458 g/mol. The van der Waals surface area contributed by atoms with E-state index in [4.69, 9.17) is 14.4 Å². The standard InChI is InChI=1S/C23H23N5O5S/c1-32-18-10-16(13-28-8-3-7-25-28)11-19-22(18)23(26-33-19)21-17(27-9-6-15(12-27)14-29)4-2-5-20(21)34(24,30)31/h2-5,7-8,10-11,14-15H,6,9,12-13H2,1H3,(H2,24,30,31). The molecule has 0 saturated carbocycles. The van der Waals surface area contributed by atoms with E-state index >= 15 is 0 Å². The Hall–Kier alpha value is -3.70. The zero-order valence-corrected chi connectivity index (χ0v) is 19.2. The van der Waals surface area contributed by atoms with E-state index in [1.165, 1.54) is 13.2 Å². The number of ether oxygens (including phenoxy) is 1. The Bertz CT molecular complexity index is 1460. The molecule has 1 unspecified atom stereocenters. The Morgan fingerprint density at radius 3 is 2.82 bits per heavy atom. The highest BCUT2D eigenvalue weighted by Gasteiger charge is 2.30. The summed E-state index contributed by atoms with van der Waals surface area (Å²) in [7, 11) is -2.56. The number of sulfonamides is 1. The summed E-state index contributed by atoms with van der Waals surface area (Å²) < 4.78 is 38.2. The average Bonchev–Trinajstić information content (AvgIpc) is 3.58. The van der Waals surface area contributed by atoms with Gasteiger partial charge in [0.05, 0.1) is 23.9 Å². The summed E-state index contributed by atoms with van der Waals surface area (Å²) in [5.74, 6) is 0.359. The number of hydrogen-bond donors (Lipinski definition) is 1. The number of benzene rings is 2. The van der Waals surface area contributed by atoms with Gasteiger partial charge in [0.1, 0.15) is 17.7 Å². The molecular formula is C23H23N5O5S. The molecule has 1 aliphatic heterocycles. The van der Waals surface area contributed by atoms with Crippen LogP contribution in [0.2, 0.25) is 0 Å². The van der Waals surface area contributed by atoms with Crippen molar-refractivity contribution in [2.75, 3.05) is 25.1 Å². The lowest BCUT2D eigenvalue weighted by atomic mass is 10.0. The second-order valence-electron chi connectivity index (χ2n) is 8.23. The molecule has 1 atom stereocenters. The number of aromatic nitrogens is 3. The molecule has 0 aliphatic carbocycles. The Morgan fingerprint density at radius 1 is 1.29 bits per heavy atom. The molecule has 5 rings (SSSR count). The summed E-state index contributed by atoms with van der Waals surface area (Å²) in [6.45, 7) is 1.58. The van der Waals surface area contributed by atoms with Gasteiger partial charge < -0.3 is 19.0 Å². The van der Waals surface area contributed by atoms with Gasteiger partial charge in [0, 0.05) is 42.7 Å². The molecule has 34 heavy (non-hydrogen) atoms. The molecule has 10 nitrogen and oxygen atoms in total. The summed E-state index contributed by atoms with van der Waals surface area (Å²) in [6, 6.07) is 10.4. The molecule has 0 bridgehead atoms. The maximum absolute atomic E-state index is 12.6. The van der Waals surface area contributed by atoms with E-state index in [9.17, 15) is 13.2 Å². The number of aldehydes is 1. The number of anilines is 1. The zero-order valence-electron chi connectivity index (χ0n) is 18.4. The van der Waals surface area contributed by atoms with Crippen LogP contribution in [0.25, 0.3) is 22.2 Å². The first kappa shape index (κ1) is 22.1. The number of hydrogen-bond acceptors (Lipinski definition) is 8. The number of methoxy groups -OCH3 is 1. The van der Waals surface area contributed by atoms with Gasteiger partial charge in [-0.15, -0.1) is 0 Å². The van der Waals surface area contributed by atoms with Crippen LogP contribution < -0.4 is 14.8 Å². The lowest BCUT2D eigenvalue weighted by Crippen LogP contribution is -2.22. The average molecular weight is 482 g/mol. The smallest absolute Gasteiger partial charge is 0.238 e. The van der Waals surface area contributed by atoms with Crippen molar-refractivity contribution in [3.63, 3.8) is 0 Å². The van der Waals surface area contributed by atoms with Gasteiger partial charge in [0.2, 0.25) is 10.0 Å². The molecule has 176 valence electrons. The van der Waals surface area contributed by atoms with Gasteiger partial charge >= 0.3 is 0 Å². The third kappa shape index (κ3) is 3.93. The fraction of sp³-hybridized carbons (Fsp3) is 0.261. The second kappa shape index (κ2) is 8.58. The summed E-state index contributed by atoms with van der Waals surface area (Å²) >= 11 is 0. The van der Waals surface area contributed by atoms with Crippen molar-refractivity contribution < 1.29 is 22.5 Å². The predicted molar refractivity (Wildman–Crippen MR) is 125 cm³/mol. The second-order valence-corrected chi connectivity index (χ2v) is 9.76. The van der Waals surface area contributed by atoms with E-state index in [0.29, 0.717) is 59.7 Å². The minimum atomic E-state index is -4.09. The Balaban J connectivity index is 1.71. The summed E-state index contributed by atoms with van der Waals surface area (Å²) in [6.07, 6.45) is 5.16. The van der Waals surface area contributed by atoms with Gasteiger partial charge in [-0.25, -0.2) is 13.6 Å². The maximum Gasteiger partial charge on any atom is 0.238 e. The largest absolute Gasteiger partial charge is 0.496 e. The molecule has 1 fully saturated rings. The van der Waals surface area contributed by atoms with Crippen molar-refractivity contribution in [1.29, 1.82) is 0 Å². The van der Waals surface area contributed by atoms with Crippen molar-refractivity contribution in [2.45, 2.75) is 17.9 Å². The van der Waals surface area contributed by atoms with Crippen molar-refractivity contribution in [3.05, 3.63) is 54.4 Å². The van der Waals surface area contributed by atoms with E-state index < -0.39 is 10.0 Å². The molecule has 0 radical (unpaired) electrons. The number of carbonyl (C=O) groups is 1. The van der Waals surface area contributed by atoms with Crippen LogP contribution in [0.15, 0.2) is 58.2 Å². The number of fused-ring (bicyclic) bond motifs is 1. The lowest BCUT2D eigenvalue weighted by molar-refractivity contribution is -0.110. The topological polar surface area (TPSA) is 134 Å². The molecule has 11 heteroatoms. The molecule has 0 spiro atoms. The van der Waals surface area contributed by atoms with Gasteiger partial charge in [-0.05, 0) is 42.3 Å². The van der Waals surface area contributed by atoms with Crippen LogP contribution in [0.1, 0.15) is 12.0 Å². The molecule has 2 N–H and O–H groups in total. The Kier molecular flexibility index (Phi) is 5.58.